The SMILES string of the molecule is CC(CN(C)Cc1ccccc1)NC(=O)CC1(O)CCCCC1. The summed E-state index contributed by atoms with van der Waals surface area (Å²) in [6.45, 7) is 3.67. The summed E-state index contributed by atoms with van der Waals surface area (Å²) < 4.78 is 0. The van der Waals surface area contributed by atoms with Crippen molar-refractivity contribution in [1.82, 2.24) is 10.2 Å². The van der Waals surface area contributed by atoms with E-state index in [9.17, 15) is 9.90 Å². The third-order valence-electron chi connectivity index (χ3n) is 4.56. The van der Waals surface area contributed by atoms with Crippen LogP contribution in [-0.2, 0) is 11.3 Å². The predicted octanol–water partition coefficient (Wildman–Crippen LogP) is 2.71. The largest absolute Gasteiger partial charge is 0.389 e. The van der Waals surface area contributed by atoms with Crippen LogP contribution in [0.25, 0.3) is 0 Å². The van der Waals surface area contributed by atoms with Crippen LogP contribution in [-0.4, -0.2) is 41.1 Å². The number of likely N-dealkylation sites (N-methyl/N-ethyl adjacent to an activating group) is 1. The van der Waals surface area contributed by atoms with Crippen LogP contribution in [0, 0.1) is 0 Å². The molecule has 1 saturated carbocycles. The summed E-state index contributed by atoms with van der Waals surface area (Å²) in [5.74, 6) is -0.0324. The summed E-state index contributed by atoms with van der Waals surface area (Å²) in [6.07, 6.45) is 4.97. The zero-order chi connectivity index (χ0) is 16.7. The molecule has 1 aliphatic carbocycles. The van der Waals surface area contributed by atoms with Crippen LogP contribution in [0.5, 0.6) is 0 Å². The number of carbonyl (C=O) groups is 1. The Morgan fingerprint density at radius 1 is 1.26 bits per heavy atom. The van der Waals surface area contributed by atoms with E-state index in [1.807, 2.05) is 25.1 Å². The topological polar surface area (TPSA) is 52.6 Å². The van der Waals surface area contributed by atoms with Crippen LogP contribution < -0.4 is 5.32 Å². The van der Waals surface area contributed by atoms with Gasteiger partial charge in [0.25, 0.3) is 0 Å². The number of nitrogens with zero attached hydrogens (tertiary/aromatic N) is 1. The molecular formula is C19H30N2O2. The van der Waals surface area contributed by atoms with E-state index in [0.29, 0.717) is 0 Å². The third-order valence-corrected chi connectivity index (χ3v) is 4.56. The Balaban J connectivity index is 1.73. The van der Waals surface area contributed by atoms with Gasteiger partial charge in [-0.15, -0.1) is 0 Å². The van der Waals surface area contributed by atoms with Gasteiger partial charge in [0.05, 0.1) is 12.0 Å². The first-order valence-electron chi connectivity index (χ1n) is 8.71. The lowest BCUT2D eigenvalue weighted by Gasteiger charge is -2.32. The zero-order valence-electron chi connectivity index (χ0n) is 14.4. The van der Waals surface area contributed by atoms with Crippen molar-refractivity contribution in [3.8, 4) is 0 Å². The molecule has 0 aromatic heterocycles. The first kappa shape index (κ1) is 18.0. The molecule has 0 bridgehead atoms. The van der Waals surface area contributed by atoms with Gasteiger partial charge in [-0.1, -0.05) is 49.6 Å². The molecule has 128 valence electrons. The fourth-order valence-corrected chi connectivity index (χ4v) is 3.48. The van der Waals surface area contributed by atoms with Gasteiger partial charge in [0.1, 0.15) is 0 Å². The normalized spacial score (nSPS) is 18.6. The highest BCUT2D eigenvalue weighted by atomic mass is 16.3. The summed E-state index contributed by atoms with van der Waals surface area (Å²) in [6, 6.07) is 10.4. The van der Waals surface area contributed by atoms with Gasteiger partial charge in [0, 0.05) is 19.1 Å². The van der Waals surface area contributed by atoms with Crippen LogP contribution in [0.3, 0.4) is 0 Å². The molecule has 1 unspecified atom stereocenters. The molecule has 4 heteroatoms. The Morgan fingerprint density at radius 2 is 1.91 bits per heavy atom. The van der Waals surface area contributed by atoms with Crippen molar-refractivity contribution in [3.05, 3.63) is 35.9 Å². The standard InChI is InChI=1S/C19H30N2O2/c1-16(14-21(2)15-17-9-5-3-6-10-17)20-18(22)13-19(23)11-7-4-8-12-19/h3,5-6,9-10,16,23H,4,7-8,11-15H2,1-2H3,(H,20,22). The highest BCUT2D eigenvalue weighted by molar-refractivity contribution is 5.77. The zero-order valence-corrected chi connectivity index (χ0v) is 14.4. The maximum atomic E-state index is 12.2. The molecule has 2 rings (SSSR count). The predicted molar refractivity (Wildman–Crippen MR) is 93.0 cm³/mol. The number of nitrogens with one attached hydrogen (secondary N) is 1. The molecule has 1 aliphatic rings. The minimum Gasteiger partial charge on any atom is -0.389 e. The van der Waals surface area contributed by atoms with E-state index >= 15 is 0 Å². The third kappa shape index (κ3) is 6.32. The lowest BCUT2D eigenvalue weighted by molar-refractivity contribution is -0.128. The second-order valence-electron chi connectivity index (χ2n) is 7.11. The number of aliphatic hydroxyl groups is 1. The molecule has 4 nitrogen and oxygen atoms in total. The smallest absolute Gasteiger partial charge is 0.223 e. The second kappa shape index (κ2) is 8.46. The molecule has 1 aromatic carbocycles. The summed E-state index contributed by atoms with van der Waals surface area (Å²) >= 11 is 0. The maximum Gasteiger partial charge on any atom is 0.223 e. The molecular weight excluding hydrogens is 288 g/mol. The van der Waals surface area contributed by atoms with Crippen LogP contribution >= 0.6 is 0 Å². The minimum absolute atomic E-state index is 0.0324. The number of hydrogen-bond acceptors (Lipinski definition) is 3. The lowest BCUT2D eigenvalue weighted by Crippen LogP contribution is -2.44. The van der Waals surface area contributed by atoms with E-state index in [-0.39, 0.29) is 18.4 Å². The van der Waals surface area contributed by atoms with Gasteiger partial charge < -0.3 is 15.3 Å². The van der Waals surface area contributed by atoms with Gasteiger partial charge in [0.15, 0.2) is 0 Å². The Morgan fingerprint density at radius 3 is 2.57 bits per heavy atom. The van der Waals surface area contributed by atoms with Gasteiger partial charge in [-0.2, -0.15) is 0 Å². The van der Waals surface area contributed by atoms with E-state index in [4.69, 9.17) is 0 Å². The Bertz CT molecular complexity index is 483. The molecule has 23 heavy (non-hydrogen) atoms. The van der Waals surface area contributed by atoms with Gasteiger partial charge in [0.2, 0.25) is 5.91 Å². The van der Waals surface area contributed by atoms with Crippen molar-refractivity contribution in [1.29, 1.82) is 0 Å². The molecule has 1 atom stereocenters. The molecule has 1 aromatic rings. The average Bonchev–Trinajstić information content (AvgIpc) is 2.47. The first-order chi connectivity index (χ1) is 11.0. The molecule has 0 aliphatic heterocycles. The number of carbonyl (C=O) groups excluding carboxylic acids is 1. The number of hydrogen-bond donors (Lipinski definition) is 2. The lowest BCUT2D eigenvalue weighted by atomic mass is 9.82. The Hall–Kier alpha value is -1.39. The van der Waals surface area contributed by atoms with Crippen molar-refractivity contribution in [3.63, 3.8) is 0 Å². The number of rotatable bonds is 7. The molecule has 0 radical (unpaired) electrons. The number of benzene rings is 1. The molecule has 0 saturated heterocycles. The summed E-state index contributed by atoms with van der Waals surface area (Å²) in [5.41, 5.74) is 0.489. The van der Waals surface area contributed by atoms with Crippen molar-refractivity contribution in [2.24, 2.45) is 0 Å². The molecule has 1 amide bonds. The molecule has 2 N–H and O–H groups in total. The fraction of sp³-hybridized carbons (Fsp3) is 0.632. The highest BCUT2D eigenvalue weighted by Gasteiger charge is 2.31. The van der Waals surface area contributed by atoms with E-state index in [1.165, 1.54) is 12.0 Å². The van der Waals surface area contributed by atoms with E-state index in [2.05, 4.69) is 29.4 Å². The summed E-state index contributed by atoms with van der Waals surface area (Å²) in [7, 11) is 2.06. The maximum absolute atomic E-state index is 12.2. The van der Waals surface area contributed by atoms with Gasteiger partial charge in [-0.3, -0.25) is 4.79 Å². The quantitative estimate of drug-likeness (QED) is 0.813. The average molecular weight is 318 g/mol. The Kier molecular flexibility index (Phi) is 6.60. The minimum atomic E-state index is -0.780. The van der Waals surface area contributed by atoms with Crippen LogP contribution in [0.15, 0.2) is 30.3 Å². The van der Waals surface area contributed by atoms with Crippen molar-refractivity contribution < 1.29 is 9.90 Å². The van der Waals surface area contributed by atoms with Crippen molar-refractivity contribution in [2.45, 2.75) is 63.6 Å². The second-order valence-corrected chi connectivity index (χ2v) is 7.11. The fourth-order valence-electron chi connectivity index (χ4n) is 3.48. The van der Waals surface area contributed by atoms with Crippen LogP contribution in [0.2, 0.25) is 0 Å². The molecule has 0 spiro atoms. The van der Waals surface area contributed by atoms with Gasteiger partial charge in [-0.05, 0) is 32.4 Å². The molecule has 1 fully saturated rings. The molecule has 0 heterocycles. The van der Waals surface area contributed by atoms with Gasteiger partial charge in [-0.25, -0.2) is 0 Å². The van der Waals surface area contributed by atoms with E-state index in [1.54, 1.807) is 0 Å². The van der Waals surface area contributed by atoms with Crippen LogP contribution in [0.4, 0.5) is 0 Å². The Labute approximate surface area is 139 Å². The van der Waals surface area contributed by atoms with E-state index < -0.39 is 5.60 Å². The summed E-state index contributed by atoms with van der Waals surface area (Å²) in [5, 5.41) is 13.5. The monoisotopic (exact) mass is 318 g/mol. The first-order valence-corrected chi connectivity index (χ1v) is 8.71. The summed E-state index contributed by atoms with van der Waals surface area (Å²) in [4.78, 5) is 14.4. The van der Waals surface area contributed by atoms with E-state index in [0.717, 1.165) is 38.8 Å². The van der Waals surface area contributed by atoms with Crippen molar-refractivity contribution >= 4 is 5.91 Å². The van der Waals surface area contributed by atoms with Crippen molar-refractivity contribution in [2.75, 3.05) is 13.6 Å². The van der Waals surface area contributed by atoms with Gasteiger partial charge >= 0.3 is 0 Å². The van der Waals surface area contributed by atoms with Crippen LogP contribution in [0.1, 0.15) is 51.0 Å². The number of amides is 1. The highest BCUT2D eigenvalue weighted by Crippen LogP contribution is 2.30.